The molecule has 0 aliphatic carbocycles. The molecule has 9 nitrogen and oxygen atoms in total. The Balaban J connectivity index is 3.30. The van der Waals surface area contributed by atoms with Crippen LogP contribution in [0.15, 0.2) is 24.3 Å². The Hall–Kier alpha value is -2.81. The monoisotopic (exact) mass is 507 g/mol. The first-order chi connectivity index (χ1) is 16.9. The summed E-state index contributed by atoms with van der Waals surface area (Å²) in [6.45, 7) is 10.4. The maximum absolute atomic E-state index is 13.7. The summed E-state index contributed by atoms with van der Waals surface area (Å²) in [5, 5.41) is 25.3. The van der Waals surface area contributed by atoms with Crippen LogP contribution in [-0.2, 0) is 14.3 Å². The Kier molecular flexibility index (Phi) is 13.3. The molecule has 0 radical (unpaired) electrons. The molecule has 1 rings (SSSR count). The Bertz CT molecular complexity index is 837. The first kappa shape index (κ1) is 31.2. The van der Waals surface area contributed by atoms with Crippen LogP contribution in [0.3, 0.4) is 0 Å². The van der Waals surface area contributed by atoms with E-state index in [1.54, 1.807) is 32.9 Å². The molecule has 4 N–H and O–H groups in total. The van der Waals surface area contributed by atoms with Crippen molar-refractivity contribution in [2.75, 3.05) is 13.2 Å². The number of unbranched alkanes of at least 4 members (excludes halogenated alkanes) is 5. The van der Waals surface area contributed by atoms with E-state index in [2.05, 4.69) is 17.6 Å². The van der Waals surface area contributed by atoms with Crippen LogP contribution in [0.5, 0.6) is 5.75 Å². The summed E-state index contributed by atoms with van der Waals surface area (Å²) >= 11 is 0. The van der Waals surface area contributed by atoms with Gasteiger partial charge >= 0.3 is 6.09 Å². The number of phenols is 1. The fourth-order valence-corrected chi connectivity index (χ4v) is 3.80. The number of hydrogen-bond acceptors (Lipinski definition) is 6. The van der Waals surface area contributed by atoms with Crippen LogP contribution in [0.25, 0.3) is 0 Å². The van der Waals surface area contributed by atoms with Gasteiger partial charge in [0, 0.05) is 12.6 Å². The van der Waals surface area contributed by atoms with Crippen molar-refractivity contribution in [1.29, 1.82) is 0 Å². The minimum Gasteiger partial charge on any atom is -0.508 e. The van der Waals surface area contributed by atoms with Gasteiger partial charge in [-0.25, -0.2) is 4.79 Å². The lowest BCUT2D eigenvalue weighted by Gasteiger charge is -2.34. The third-order valence-corrected chi connectivity index (χ3v) is 5.38. The molecule has 0 fully saturated rings. The number of alkyl carbamates (subject to hydrolysis) is 1. The van der Waals surface area contributed by atoms with E-state index in [-0.39, 0.29) is 18.3 Å². The SMILES string of the molecule is CCCCCCCCN(C(=O)C(CO)NC(=O)OC(C)(C)C)C(C(=O)NC(C)C)c1cccc(O)c1. The molecule has 0 saturated carbocycles. The smallest absolute Gasteiger partial charge is 0.408 e. The summed E-state index contributed by atoms with van der Waals surface area (Å²) in [6, 6.07) is 3.67. The number of amides is 3. The van der Waals surface area contributed by atoms with Crippen LogP contribution < -0.4 is 10.6 Å². The molecule has 2 atom stereocenters. The summed E-state index contributed by atoms with van der Waals surface area (Å²) in [5.74, 6) is -1.06. The van der Waals surface area contributed by atoms with Gasteiger partial charge < -0.3 is 30.5 Å². The largest absolute Gasteiger partial charge is 0.508 e. The van der Waals surface area contributed by atoms with Gasteiger partial charge in [0.25, 0.3) is 0 Å². The Morgan fingerprint density at radius 1 is 1.03 bits per heavy atom. The number of hydrogen-bond donors (Lipinski definition) is 4. The lowest BCUT2D eigenvalue weighted by molar-refractivity contribution is -0.143. The number of carbonyl (C=O) groups is 3. The molecule has 1 aromatic carbocycles. The second kappa shape index (κ2) is 15.3. The number of aliphatic hydroxyl groups is 1. The number of ether oxygens (including phenoxy) is 1. The van der Waals surface area contributed by atoms with Crippen LogP contribution in [0.1, 0.15) is 91.7 Å². The molecule has 36 heavy (non-hydrogen) atoms. The molecule has 0 spiro atoms. The zero-order valence-electron chi connectivity index (χ0n) is 22.7. The first-order valence-corrected chi connectivity index (χ1v) is 12.9. The van der Waals surface area contributed by atoms with E-state index in [4.69, 9.17) is 4.74 Å². The van der Waals surface area contributed by atoms with Gasteiger partial charge in [-0.3, -0.25) is 9.59 Å². The number of rotatable bonds is 14. The van der Waals surface area contributed by atoms with Crippen LogP contribution in [0, 0.1) is 0 Å². The van der Waals surface area contributed by atoms with E-state index in [0.29, 0.717) is 12.0 Å². The quantitative estimate of drug-likeness (QED) is 0.282. The maximum Gasteiger partial charge on any atom is 0.408 e. The van der Waals surface area contributed by atoms with Gasteiger partial charge in [-0.15, -0.1) is 0 Å². The van der Waals surface area contributed by atoms with E-state index >= 15 is 0 Å². The topological polar surface area (TPSA) is 128 Å². The lowest BCUT2D eigenvalue weighted by atomic mass is 10.0. The molecule has 204 valence electrons. The van der Waals surface area contributed by atoms with Gasteiger partial charge in [-0.2, -0.15) is 0 Å². The van der Waals surface area contributed by atoms with Crippen molar-refractivity contribution in [3.63, 3.8) is 0 Å². The fraction of sp³-hybridized carbons (Fsp3) is 0.667. The highest BCUT2D eigenvalue weighted by atomic mass is 16.6. The number of nitrogens with zero attached hydrogens (tertiary/aromatic N) is 1. The number of aliphatic hydroxyl groups excluding tert-OH is 1. The molecule has 2 unspecified atom stereocenters. The molecule has 0 aromatic heterocycles. The molecule has 0 aliphatic heterocycles. The second-order valence-corrected chi connectivity index (χ2v) is 10.3. The summed E-state index contributed by atoms with van der Waals surface area (Å²) < 4.78 is 5.25. The summed E-state index contributed by atoms with van der Waals surface area (Å²) in [4.78, 5) is 40.8. The minimum atomic E-state index is -1.30. The molecule has 1 aromatic rings. The molecule has 9 heteroatoms. The Morgan fingerprint density at radius 3 is 2.22 bits per heavy atom. The van der Waals surface area contributed by atoms with Gasteiger partial charge in [-0.1, -0.05) is 51.2 Å². The zero-order valence-corrected chi connectivity index (χ0v) is 22.7. The van der Waals surface area contributed by atoms with Crippen molar-refractivity contribution in [3.05, 3.63) is 29.8 Å². The van der Waals surface area contributed by atoms with Gasteiger partial charge in [0.1, 0.15) is 23.4 Å². The van der Waals surface area contributed by atoms with Crippen molar-refractivity contribution in [2.45, 2.75) is 104 Å². The molecule has 3 amide bonds. The van der Waals surface area contributed by atoms with Crippen LogP contribution in [0.2, 0.25) is 0 Å². The van der Waals surface area contributed by atoms with Gasteiger partial charge in [0.2, 0.25) is 11.8 Å². The molecule has 0 bridgehead atoms. The number of benzene rings is 1. The Labute approximate surface area is 215 Å². The number of carbonyl (C=O) groups excluding carboxylic acids is 3. The summed E-state index contributed by atoms with van der Waals surface area (Å²) in [7, 11) is 0. The van der Waals surface area contributed by atoms with Crippen LogP contribution >= 0.6 is 0 Å². The molecular formula is C27H45N3O6. The fourth-order valence-electron chi connectivity index (χ4n) is 3.80. The second-order valence-electron chi connectivity index (χ2n) is 10.3. The van der Waals surface area contributed by atoms with E-state index in [1.165, 1.54) is 17.0 Å². The predicted octanol–water partition coefficient (Wildman–Crippen LogP) is 4.03. The number of aromatic hydroxyl groups is 1. The van der Waals surface area contributed by atoms with Crippen LogP contribution in [-0.4, -0.2) is 63.9 Å². The number of phenolic OH excluding ortho intramolecular Hbond substituents is 1. The summed E-state index contributed by atoms with van der Waals surface area (Å²) in [5.41, 5.74) is -0.353. The standard InChI is InChI=1S/C27H45N3O6/c1-7-8-9-10-11-12-16-30(25(34)22(18-31)29-26(35)36-27(4,5)6)23(24(33)28-19(2)3)20-14-13-15-21(32)17-20/h13-15,17,19,22-23,31-32H,7-12,16,18H2,1-6H3,(H,28,33)(H,29,35). The van der Waals surface area contributed by atoms with Crippen molar-refractivity contribution < 1.29 is 29.3 Å². The van der Waals surface area contributed by atoms with Gasteiger partial charge in [0.15, 0.2) is 0 Å². The predicted molar refractivity (Wildman–Crippen MR) is 139 cm³/mol. The molecule has 0 heterocycles. The third-order valence-electron chi connectivity index (χ3n) is 5.38. The van der Waals surface area contributed by atoms with Crippen molar-refractivity contribution in [2.24, 2.45) is 0 Å². The summed E-state index contributed by atoms with van der Waals surface area (Å²) in [6.07, 6.45) is 5.02. The molecular weight excluding hydrogens is 462 g/mol. The van der Waals surface area contributed by atoms with Gasteiger partial charge in [0.05, 0.1) is 6.61 Å². The molecule has 0 aliphatic rings. The molecule has 0 saturated heterocycles. The minimum absolute atomic E-state index is 0.0348. The zero-order chi connectivity index (χ0) is 27.3. The number of nitrogens with one attached hydrogen (secondary N) is 2. The average molecular weight is 508 g/mol. The van der Waals surface area contributed by atoms with Crippen molar-refractivity contribution >= 4 is 17.9 Å². The van der Waals surface area contributed by atoms with E-state index in [9.17, 15) is 24.6 Å². The first-order valence-electron chi connectivity index (χ1n) is 12.9. The van der Waals surface area contributed by atoms with Crippen molar-refractivity contribution in [3.8, 4) is 5.75 Å². The van der Waals surface area contributed by atoms with E-state index < -0.39 is 42.2 Å². The Morgan fingerprint density at radius 2 is 1.67 bits per heavy atom. The highest BCUT2D eigenvalue weighted by Gasteiger charge is 2.36. The van der Waals surface area contributed by atoms with Crippen LogP contribution in [0.4, 0.5) is 4.79 Å². The average Bonchev–Trinajstić information content (AvgIpc) is 2.76. The highest BCUT2D eigenvalue weighted by molar-refractivity contribution is 5.92. The van der Waals surface area contributed by atoms with Crippen molar-refractivity contribution in [1.82, 2.24) is 15.5 Å². The normalized spacial score (nSPS) is 13.1. The third kappa shape index (κ3) is 11.3. The lowest BCUT2D eigenvalue weighted by Crippen LogP contribution is -2.55. The maximum atomic E-state index is 13.7. The highest BCUT2D eigenvalue weighted by Crippen LogP contribution is 2.26. The van der Waals surface area contributed by atoms with E-state index in [0.717, 1.165) is 32.1 Å². The van der Waals surface area contributed by atoms with E-state index in [1.807, 2.05) is 13.8 Å². The van der Waals surface area contributed by atoms with Gasteiger partial charge in [-0.05, 0) is 58.7 Å².